The molecule has 1 N–H and O–H groups in total. The van der Waals surface area contributed by atoms with Gasteiger partial charge in [0.15, 0.2) is 6.61 Å². The van der Waals surface area contributed by atoms with Gasteiger partial charge in [-0.15, -0.1) is 0 Å². The lowest BCUT2D eigenvalue weighted by Gasteiger charge is -2.34. The van der Waals surface area contributed by atoms with Crippen molar-refractivity contribution in [3.8, 4) is 5.75 Å². The molecular formula is C22H26N2O7S. The molecule has 2 aromatic rings. The van der Waals surface area contributed by atoms with E-state index >= 15 is 0 Å². The summed E-state index contributed by atoms with van der Waals surface area (Å²) in [4.78, 5) is 24.6. The number of hydrogen-bond donors (Lipinski definition) is 1. The molecule has 172 valence electrons. The number of ether oxygens (including phenoxy) is 3. The highest BCUT2D eigenvalue weighted by Gasteiger charge is 2.32. The Kier molecular flexibility index (Phi) is 7.49. The van der Waals surface area contributed by atoms with E-state index < -0.39 is 28.5 Å². The van der Waals surface area contributed by atoms with E-state index in [2.05, 4.69) is 5.32 Å². The number of rotatable bonds is 7. The summed E-state index contributed by atoms with van der Waals surface area (Å²) in [5.41, 5.74) is 0.476. The van der Waals surface area contributed by atoms with Gasteiger partial charge in [-0.05, 0) is 44.2 Å². The van der Waals surface area contributed by atoms with E-state index in [1.807, 2.05) is 13.8 Å². The number of sulfonamides is 1. The summed E-state index contributed by atoms with van der Waals surface area (Å²) in [6, 6.07) is 12.4. The van der Waals surface area contributed by atoms with Crippen molar-refractivity contribution in [2.45, 2.75) is 31.0 Å². The van der Waals surface area contributed by atoms with Crippen LogP contribution in [0.1, 0.15) is 24.2 Å². The molecule has 10 heteroatoms. The average Bonchev–Trinajstić information content (AvgIpc) is 2.77. The summed E-state index contributed by atoms with van der Waals surface area (Å²) in [5, 5.41) is 2.60. The van der Waals surface area contributed by atoms with Crippen LogP contribution < -0.4 is 10.1 Å². The van der Waals surface area contributed by atoms with Crippen LogP contribution in [-0.2, 0) is 24.3 Å². The topological polar surface area (TPSA) is 111 Å². The molecule has 0 aliphatic carbocycles. The smallest absolute Gasteiger partial charge is 0.338 e. The minimum atomic E-state index is -3.81. The van der Waals surface area contributed by atoms with Crippen molar-refractivity contribution in [1.29, 1.82) is 0 Å². The molecule has 1 saturated heterocycles. The first kappa shape index (κ1) is 23.7. The number of carbonyl (C=O) groups is 2. The van der Waals surface area contributed by atoms with Crippen LogP contribution in [-0.4, -0.2) is 63.6 Å². The monoisotopic (exact) mass is 462 g/mol. The first-order chi connectivity index (χ1) is 15.2. The Morgan fingerprint density at radius 2 is 1.78 bits per heavy atom. The molecule has 1 fully saturated rings. The van der Waals surface area contributed by atoms with Crippen molar-refractivity contribution in [2.75, 3.05) is 32.1 Å². The Labute approximate surface area is 187 Å². The van der Waals surface area contributed by atoms with Crippen molar-refractivity contribution in [3.05, 3.63) is 54.1 Å². The van der Waals surface area contributed by atoms with Gasteiger partial charge in [0.2, 0.25) is 10.0 Å². The van der Waals surface area contributed by atoms with Gasteiger partial charge in [0.1, 0.15) is 5.75 Å². The number of carbonyl (C=O) groups excluding carboxylic acids is 2. The fourth-order valence-electron chi connectivity index (χ4n) is 3.41. The Morgan fingerprint density at radius 1 is 1.09 bits per heavy atom. The van der Waals surface area contributed by atoms with Crippen LogP contribution in [0.25, 0.3) is 0 Å². The van der Waals surface area contributed by atoms with E-state index in [0.717, 1.165) is 0 Å². The standard InChI is InChI=1S/C22H26N2O7S/c1-15-12-24(13-16(2)31-15)32(27,28)18-8-6-7-17(11-18)22(26)30-14-21(25)23-19-9-4-5-10-20(19)29-3/h4-11,15-16H,12-14H2,1-3H3,(H,23,25). The summed E-state index contributed by atoms with van der Waals surface area (Å²) >= 11 is 0. The van der Waals surface area contributed by atoms with E-state index in [9.17, 15) is 18.0 Å². The first-order valence-electron chi connectivity index (χ1n) is 10.1. The zero-order chi connectivity index (χ0) is 23.3. The molecule has 1 aliphatic rings. The summed E-state index contributed by atoms with van der Waals surface area (Å²) in [6.07, 6.45) is -0.466. The highest BCUT2D eigenvalue weighted by molar-refractivity contribution is 7.89. The second-order valence-electron chi connectivity index (χ2n) is 7.43. The molecule has 3 rings (SSSR count). The molecule has 2 atom stereocenters. The molecular weight excluding hydrogens is 436 g/mol. The minimum Gasteiger partial charge on any atom is -0.495 e. The SMILES string of the molecule is COc1ccccc1NC(=O)COC(=O)c1cccc(S(=O)(=O)N2CC(C)OC(C)C2)c1. The van der Waals surface area contributed by atoms with E-state index in [4.69, 9.17) is 14.2 Å². The number of methoxy groups -OCH3 is 1. The molecule has 1 heterocycles. The Balaban J connectivity index is 1.65. The second-order valence-corrected chi connectivity index (χ2v) is 9.37. The molecule has 2 unspecified atom stereocenters. The van der Waals surface area contributed by atoms with E-state index in [1.165, 1.54) is 35.7 Å². The van der Waals surface area contributed by atoms with Crippen LogP contribution in [0.15, 0.2) is 53.4 Å². The minimum absolute atomic E-state index is 0.0216. The van der Waals surface area contributed by atoms with E-state index in [0.29, 0.717) is 11.4 Å². The maximum Gasteiger partial charge on any atom is 0.338 e. The summed E-state index contributed by atoms with van der Waals surface area (Å²) in [5.74, 6) is -0.888. The number of amides is 1. The largest absolute Gasteiger partial charge is 0.495 e. The molecule has 0 aromatic heterocycles. The van der Waals surface area contributed by atoms with Gasteiger partial charge >= 0.3 is 5.97 Å². The fourth-order valence-corrected chi connectivity index (χ4v) is 5.05. The Bertz CT molecular complexity index is 1080. The predicted octanol–water partition coefficient (Wildman–Crippen LogP) is 2.29. The Hall–Kier alpha value is -2.95. The lowest BCUT2D eigenvalue weighted by Crippen LogP contribution is -2.48. The third-order valence-corrected chi connectivity index (χ3v) is 6.64. The molecule has 0 spiro atoms. The zero-order valence-electron chi connectivity index (χ0n) is 18.1. The molecule has 0 saturated carbocycles. The van der Waals surface area contributed by atoms with Gasteiger partial charge in [-0.2, -0.15) is 4.31 Å². The number of anilines is 1. The molecule has 32 heavy (non-hydrogen) atoms. The summed E-state index contributed by atoms with van der Waals surface area (Å²) < 4.78 is 43.2. The normalized spacial score (nSPS) is 19.2. The van der Waals surface area contributed by atoms with Gasteiger partial charge in [-0.1, -0.05) is 18.2 Å². The van der Waals surface area contributed by atoms with Gasteiger partial charge in [-0.3, -0.25) is 4.79 Å². The van der Waals surface area contributed by atoms with Crippen molar-refractivity contribution in [1.82, 2.24) is 4.31 Å². The zero-order valence-corrected chi connectivity index (χ0v) is 18.9. The third kappa shape index (κ3) is 5.64. The fraction of sp³-hybridized carbons (Fsp3) is 0.364. The molecule has 0 radical (unpaired) electrons. The number of benzene rings is 2. The van der Waals surface area contributed by atoms with Gasteiger partial charge in [0, 0.05) is 13.1 Å². The van der Waals surface area contributed by atoms with Crippen molar-refractivity contribution >= 4 is 27.6 Å². The number of para-hydroxylation sites is 2. The van der Waals surface area contributed by atoms with E-state index in [1.54, 1.807) is 24.3 Å². The van der Waals surface area contributed by atoms with E-state index in [-0.39, 0.29) is 35.8 Å². The lowest BCUT2D eigenvalue weighted by atomic mass is 10.2. The quantitative estimate of drug-likeness (QED) is 0.629. The van der Waals surface area contributed by atoms with Gasteiger partial charge < -0.3 is 19.5 Å². The predicted molar refractivity (Wildman–Crippen MR) is 117 cm³/mol. The molecule has 1 aliphatic heterocycles. The summed E-state index contributed by atoms with van der Waals surface area (Å²) in [6.45, 7) is 3.53. The number of nitrogens with zero attached hydrogens (tertiary/aromatic N) is 1. The van der Waals surface area contributed by atoms with Crippen molar-refractivity contribution in [3.63, 3.8) is 0 Å². The number of hydrogen-bond acceptors (Lipinski definition) is 7. The Morgan fingerprint density at radius 3 is 2.47 bits per heavy atom. The summed E-state index contributed by atoms with van der Waals surface area (Å²) in [7, 11) is -2.33. The maximum atomic E-state index is 13.0. The van der Waals surface area contributed by atoms with Crippen LogP contribution in [0.4, 0.5) is 5.69 Å². The lowest BCUT2D eigenvalue weighted by molar-refractivity contribution is -0.119. The van der Waals surface area contributed by atoms with Crippen molar-refractivity contribution in [2.24, 2.45) is 0 Å². The van der Waals surface area contributed by atoms with Crippen LogP contribution in [0.3, 0.4) is 0 Å². The van der Waals surface area contributed by atoms with Crippen molar-refractivity contribution < 1.29 is 32.2 Å². The van der Waals surface area contributed by atoms with Crippen LogP contribution >= 0.6 is 0 Å². The number of morpholine rings is 1. The van der Waals surface area contributed by atoms with Crippen LogP contribution in [0, 0.1) is 0 Å². The highest BCUT2D eigenvalue weighted by atomic mass is 32.2. The molecule has 9 nitrogen and oxygen atoms in total. The molecule has 2 aromatic carbocycles. The van der Waals surface area contributed by atoms with Gasteiger partial charge in [0.05, 0.1) is 35.5 Å². The average molecular weight is 463 g/mol. The number of esters is 1. The highest BCUT2D eigenvalue weighted by Crippen LogP contribution is 2.24. The molecule has 1 amide bonds. The van der Waals surface area contributed by atoms with Crippen LogP contribution in [0.2, 0.25) is 0 Å². The first-order valence-corrected chi connectivity index (χ1v) is 11.5. The maximum absolute atomic E-state index is 13.0. The molecule has 0 bridgehead atoms. The van der Waals surface area contributed by atoms with Crippen LogP contribution in [0.5, 0.6) is 5.75 Å². The second kappa shape index (κ2) is 10.1. The van der Waals surface area contributed by atoms with Gasteiger partial charge in [-0.25, -0.2) is 13.2 Å². The van der Waals surface area contributed by atoms with Gasteiger partial charge in [0.25, 0.3) is 5.91 Å². The third-order valence-electron chi connectivity index (χ3n) is 4.81. The number of nitrogens with one attached hydrogen (secondary N) is 1.